The largest absolute Gasteiger partial charge is 0.508 e. The van der Waals surface area contributed by atoms with Gasteiger partial charge in [-0.2, -0.15) is 0 Å². The first kappa shape index (κ1) is 28.3. The molecule has 9 nitrogen and oxygen atoms in total. The molecule has 0 saturated heterocycles. The number of aliphatic hydroxyl groups is 1. The summed E-state index contributed by atoms with van der Waals surface area (Å²) in [5, 5.41) is 25.1. The van der Waals surface area contributed by atoms with E-state index in [1.807, 2.05) is 0 Å². The van der Waals surface area contributed by atoms with E-state index in [0.29, 0.717) is 5.56 Å². The van der Waals surface area contributed by atoms with E-state index >= 15 is 0 Å². The molecule has 1 aromatic carbocycles. The second kappa shape index (κ2) is 13.2. The first-order valence-corrected chi connectivity index (χ1v) is 14.1. The average Bonchev–Trinajstić information content (AvgIpc) is 2.77. The summed E-state index contributed by atoms with van der Waals surface area (Å²) >= 11 is 0. The SMILES string of the molecule is CC(C)C(N)C(=O)N[C@@H](Cc1ccc(O)cc1)C(=O)NC[C@@H](O)CP(=O)(O)CC1CCCCC1. The third kappa shape index (κ3) is 9.74. The van der Waals surface area contributed by atoms with Gasteiger partial charge >= 0.3 is 0 Å². The fraction of sp³-hybridized carbons (Fsp3) is 0.667. The van der Waals surface area contributed by atoms with Crippen LogP contribution in [0, 0.1) is 11.8 Å². The van der Waals surface area contributed by atoms with Crippen molar-refractivity contribution in [2.75, 3.05) is 18.9 Å². The number of carbonyl (C=O) groups is 2. The van der Waals surface area contributed by atoms with Crippen molar-refractivity contribution in [2.24, 2.45) is 17.6 Å². The minimum absolute atomic E-state index is 0.0837. The summed E-state index contributed by atoms with van der Waals surface area (Å²) in [6.07, 6.45) is 4.07. The highest BCUT2D eigenvalue weighted by molar-refractivity contribution is 7.58. The molecule has 1 saturated carbocycles. The van der Waals surface area contributed by atoms with Gasteiger partial charge < -0.3 is 31.5 Å². The van der Waals surface area contributed by atoms with Gasteiger partial charge in [0.05, 0.1) is 18.3 Å². The van der Waals surface area contributed by atoms with Crippen molar-refractivity contribution >= 4 is 19.2 Å². The maximum Gasteiger partial charge on any atom is 0.243 e. The molecular weight excluding hydrogens is 457 g/mol. The van der Waals surface area contributed by atoms with E-state index in [1.165, 1.54) is 12.1 Å². The zero-order valence-corrected chi connectivity index (χ0v) is 21.0. The molecule has 1 aliphatic rings. The van der Waals surface area contributed by atoms with E-state index in [1.54, 1.807) is 26.0 Å². The highest BCUT2D eigenvalue weighted by atomic mass is 31.2. The Balaban J connectivity index is 1.95. The minimum Gasteiger partial charge on any atom is -0.508 e. The van der Waals surface area contributed by atoms with Gasteiger partial charge in [-0.1, -0.05) is 45.2 Å². The Labute approximate surface area is 202 Å². The first-order chi connectivity index (χ1) is 16.0. The van der Waals surface area contributed by atoms with Crippen molar-refractivity contribution in [3.8, 4) is 5.75 Å². The minimum atomic E-state index is -3.52. The van der Waals surface area contributed by atoms with Crippen LogP contribution in [0.15, 0.2) is 24.3 Å². The lowest BCUT2D eigenvalue weighted by Gasteiger charge is -2.25. The number of amides is 2. The van der Waals surface area contributed by atoms with Gasteiger partial charge in [0.15, 0.2) is 0 Å². The van der Waals surface area contributed by atoms with E-state index < -0.39 is 37.4 Å². The molecule has 0 radical (unpaired) electrons. The third-order valence-corrected chi connectivity index (χ3v) is 8.39. The number of nitrogens with two attached hydrogens (primary N) is 1. The third-order valence-electron chi connectivity index (χ3n) is 6.31. The predicted octanol–water partition coefficient (Wildman–Crippen LogP) is 1.73. The molecule has 7 N–H and O–H groups in total. The molecule has 2 amide bonds. The number of benzene rings is 1. The standard InChI is InChI=1S/C24H40N3O6P/c1-16(2)22(25)24(31)27-21(12-17-8-10-19(28)11-9-17)23(30)26-13-20(29)15-34(32,33)14-18-6-4-3-5-7-18/h8-11,16,18,20-22,28-29H,3-7,12-15,25H2,1-2H3,(H,26,30)(H,27,31)(H,32,33)/t20-,21+,22?/m1/s1. The Bertz CT molecular complexity index is 842. The fourth-order valence-corrected chi connectivity index (χ4v) is 6.34. The van der Waals surface area contributed by atoms with Crippen LogP contribution in [-0.2, 0) is 20.6 Å². The Hall–Kier alpha value is -1.93. The molecule has 34 heavy (non-hydrogen) atoms. The quantitative estimate of drug-likeness (QED) is 0.240. The van der Waals surface area contributed by atoms with Gasteiger partial charge in [0, 0.05) is 19.1 Å². The van der Waals surface area contributed by atoms with Crippen LogP contribution in [0.5, 0.6) is 5.75 Å². The number of aliphatic hydroxyl groups excluding tert-OH is 1. The van der Waals surface area contributed by atoms with Gasteiger partial charge in [-0.3, -0.25) is 14.2 Å². The topological polar surface area (TPSA) is 162 Å². The number of carbonyl (C=O) groups excluding carboxylic acids is 2. The van der Waals surface area contributed by atoms with Crippen LogP contribution in [0.25, 0.3) is 0 Å². The van der Waals surface area contributed by atoms with Gasteiger partial charge in [-0.05, 0) is 42.4 Å². The van der Waals surface area contributed by atoms with E-state index in [0.717, 1.165) is 32.1 Å². The molecule has 2 unspecified atom stereocenters. The smallest absolute Gasteiger partial charge is 0.243 e. The van der Waals surface area contributed by atoms with Gasteiger partial charge in [0.2, 0.25) is 19.2 Å². The van der Waals surface area contributed by atoms with Crippen LogP contribution >= 0.6 is 7.37 Å². The van der Waals surface area contributed by atoms with Gasteiger partial charge in [-0.15, -0.1) is 0 Å². The van der Waals surface area contributed by atoms with E-state index in [9.17, 15) is 29.3 Å². The zero-order valence-electron chi connectivity index (χ0n) is 20.2. The summed E-state index contributed by atoms with van der Waals surface area (Å²) in [6, 6.07) is 4.51. The highest BCUT2D eigenvalue weighted by Crippen LogP contribution is 2.45. The summed E-state index contributed by atoms with van der Waals surface area (Å²) in [7, 11) is -3.52. The van der Waals surface area contributed by atoms with E-state index in [2.05, 4.69) is 10.6 Å². The second-order valence-corrected chi connectivity index (χ2v) is 12.2. The molecule has 1 fully saturated rings. The molecule has 0 heterocycles. The molecule has 4 atom stereocenters. The lowest BCUT2D eigenvalue weighted by atomic mass is 9.91. The van der Waals surface area contributed by atoms with Gasteiger partial charge in [-0.25, -0.2) is 0 Å². The van der Waals surface area contributed by atoms with E-state index in [4.69, 9.17) is 5.73 Å². The number of hydrogen-bond donors (Lipinski definition) is 6. The van der Waals surface area contributed by atoms with Crippen LogP contribution in [-0.4, -0.2) is 64.0 Å². The van der Waals surface area contributed by atoms with Crippen LogP contribution in [0.4, 0.5) is 0 Å². The van der Waals surface area contributed by atoms with Crippen LogP contribution in [0.3, 0.4) is 0 Å². The fourth-order valence-electron chi connectivity index (χ4n) is 4.23. The Morgan fingerprint density at radius 1 is 1.12 bits per heavy atom. The molecule has 0 spiro atoms. The Morgan fingerprint density at radius 3 is 2.32 bits per heavy atom. The summed E-state index contributed by atoms with van der Waals surface area (Å²) in [4.78, 5) is 35.7. The zero-order chi connectivity index (χ0) is 25.3. The molecule has 10 heteroatoms. The van der Waals surface area contributed by atoms with Crippen molar-refractivity contribution in [3.63, 3.8) is 0 Å². The lowest BCUT2D eigenvalue weighted by molar-refractivity contribution is -0.130. The molecule has 0 aromatic heterocycles. The number of nitrogens with one attached hydrogen (secondary N) is 2. The summed E-state index contributed by atoms with van der Waals surface area (Å²) in [6.45, 7) is 3.40. The van der Waals surface area contributed by atoms with Crippen molar-refractivity contribution in [1.82, 2.24) is 10.6 Å². The number of phenolic OH excluding ortho intramolecular Hbond substituents is 1. The highest BCUT2D eigenvalue weighted by Gasteiger charge is 2.30. The van der Waals surface area contributed by atoms with E-state index in [-0.39, 0.29) is 42.9 Å². The first-order valence-electron chi connectivity index (χ1n) is 12.1. The van der Waals surface area contributed by atoms with Crippen molar-refractivity contribution in [1.29, 1.82) is 0 Å². The van der Waals surface area contributed by atoms with Crippen LogP contribution in [0.2, 0.25) is 0 Å². The molecular formula is C24H40N3O6P. The predicted molar refractivity (Wildman–Crippen MR) is 132 cm³/mol. The molecule has 192 valence electrons. The summed E-state index contributed by atoms with van der Waals surface area (Å²) in [5.41, 5.74) is 6.63. The monoisotopic (exact) mass is 497 g/mol. The number of hydrogen-bond acceptors (Lipinski definition) is 6. The summed E-state index contributed by atoms with van der Waals surface area (Å²) in [5.74, 6) is -0.831. The normalized spacial score (nSPS) is 19.1. The average molecular weight is 498 g/mol. The maximum absolute atomic E-state index is 12.9. The molecule has 0 aliphatic heterocycles. The number of aromatic hydroxyl groups is 1. The van der Waals surface area contributed by atoms with Gasteiger partial charge in [0.25, 0.3) is 0 Å². The van der Waals surface area contributed by atoms with Crippen molar-refractivity contribution in [2.45, 2.75) is 70.6 Å². The Morgan fingerprint density at radius 2 is 1.74 bits per heavy atom. The molecule has 1 aliphatic carbocycles. The van der Waals surface area contributed by atoms with Crippen LogP contribution in [0.1, 0.15) is 51.5 Å². The number of rotatable bonds is 12. The van der Waals surface area contributed by atoms with Gasteiger partial charge in [0.1, 0.15) is 11.8 Å². The molecule has 2 rings (SSSR count). The Kier molecular flexibility index (Phi) is 11.0. The van der Waals surface area contributed by atoms with Crippen molar-refractivity contribution in [3.05, 3.63) is 29.8 Å². The number of phenols is 1. The maximum atomic E-state index is 12.9. The molecule has 1 aromatic rings. The molecule has 0 bridgehead atoms. The second-order valence-electron chi connectivity index (χ2n) is 9.82. The lowest BCUT2D eigenvalue weighted by Crippen LogP contribution is -2.54. The van der Waals surface area contributed by atoms with Crippen molar-refractivity contribution < 1.29 is 29.3 Å². The van der Waals surface area contributed by atoms with Crippen LogP contribution < -0.4 is 16.4 Å². The summed E-state index contributed by atoms with van der Waals surface area (Å²) < 4.78 is 12.6.